The number of carbonyl (C=O) groups excluding carboxylic acids is 1. The molecule has 198 valence electrons. The normalized spacial score (nSPS) is 21.9. The monoisotopic (exact) mass is 522 g/mol. The summed E-state index contributed by atoms with van der Waals surface area (Å²) in [5, 5.41) is 4.30. The van der Waals surface area contributed by atoms with Crippen molar-refractivity contribution in [3.8, 4) is 0 Å². The maximum atomic E-state index is 11.6. The van der Waals surface area contributed by atoms with Gasteiger partial charge in [-0.3, -0.25) is 4.79 Å². The number of primary amides is 1. The molecule has 8 nitrogen and oxygen atoms in total. The number of nitrogens with two attached hydrogens (primary N) is 1. The van der Waals surface area contributed by atoms with Crippen LogP contribution in [0.3, 0.4) is 0 Å². The first kappa shape index (κ1) is 25.2. The van der Waals surface area contributed by atoms with Crippen LogP contribution in [0.4, 0.5) is 0 Å². The minimum absolute atomic E-state index is 0.0425. The van der Waals surface area contributed by atoms with Crippen molar-refractivity contribution in [3.05, 3.63) is 131 Å². The van der Waals surface area contributed by atoms with Crippen molar-refractivity contribution < 1.29 is 19.0 Å². The minimum Gasteiger partial charge on any atom is -0.363 e. The molecule has 1 fully saturated rings. The molecular formula is C31H30N4O4. The molecular weight excluding hydrogens is 492 g/mol. The summed E-state index contributed by atoms with van der Waals surface area (Å²) in [7, 11) is 0. The molecule has 6 rings (SSSR count). The number of rotatable bonds is 8. The number of hydrogen-bond acceptors (Lipinski definition) is 6. The number of hydrogen-bond donors (Lipinski definition) is 1. The molecule has 1 saturated heterocycles. The number of benzene rings is 3. The lowest BCUT2D eigenvalue weighted by atomic mass is 9.80. The highest BCUT2D eigenvalue weighted by atomic mass is 16.8. The van der Waals surface area contributed by atoms with Crippen molar-refractivity contribution in [2.24, 2.45) is 5.73 Å². The van der Waals surface area contributed by atoms with Gasteiger partial charge < -0.3 is 19.9 Å². The standard InChI is InChI=1S/C31H30N4O4/c1-30(2)38-26-21(18-25(27(26)39-30)35-20-33-29(34-35)28(32)36)19-37-31(22-12-6-3-7-13-22,23-14-8-4-9-15-23)24-16-10-5-11-17-24/h3-18,20,25-27H,19H2,1-2H3,(H2,32,36)/t25-,26-,27+/m1/s1. The van der Waals surface area contributed by atoms with Crippen molar-refractivity contribution in [2.75, 3.05) is 6.61 Å². The lowest BCUT2D eigenvalue weighted by Crippen LogP contribution is -2.35. The Balaban J connectivity index is 1.42. The van der Waals surface area contributed by atoms with Crippen LogP contribution < -0.4 is 5.73 Å². The van der Waals surface area contributed by atoms with E-state index in [1.807, 2.05) is 74.5 Å². The predicted molar refractivity (Wildman–Crippen MR) is 145 cm³/mol. The van der Waals surface area contributed by atoms with Crippen molar-refractivity contribution in [1.29, 1.82) is 0 Å². The van der Waals surface area contributed by atoms with Gasteiger partial charge in [0.25, 0.3) is 5.91 Å². The Morgan fingerprint density at radius 1 is 0.923 bits per heavy atom. The molecule has 2 N–H and O–H groups in total. The van der Waals surface area contributed by atoms with E-state index < -0.39 is 17.3 Å². The van der Waals surface area contributed by atoms with Gasteiger partial charge in [0.1, 0.15) is 30.2 Å². The Labute approximate surface area is 227 Å². The van der Waals surface area contributed by atoms with Gasteiger partial charge in [0, 0.05) is 0 Å². The molecule has 1 aliphatic heterocycles. The molecule has 0 spiro atoms. The highest BCUT2D eigenvalue weighted by Gasteiger charge is 2.51. The molecule has 39 heavy (non-hydrogen) atoms. The third-order valence-corrected chi connectivity index (χ3v) is 7.25. The number of fused-ring (bicyclic) bond motifs is 1. The van der Waals surface area contributed by atoms with Crippen molar-refractivity contribution in [3.63, 3.8) is 0 Å². The lowest BCUT2D eigenvalue weighted by molar-refractivity contribution is -0.149. The van der Waals surface area contributed by atoms with Gasteiger partial charge in [0.15, 0.2) is 5.79 Å². The van der Waals surface area contributed by atoms with Gasteiger partial charge >= 0.3 is 0 Å². The molecule has 1 aliphatic carbocycles. The molecule has 4 aromatic rings. The van der Waals surface area contributed by atoms with E-state index in [2.05, 4.69) is 46.5 Å². The Bertz CT molecular complexity index is 1390. The maximum absolute atomic E-state index is 11.6. The van der Waals surface area contributed by atoms with Gasteiger partial charge in [-0.2, -0.15) is 0 Å². The van der Waals surface area contributed by atoms with Crippen LogP contribution in [0.1, 0.15) is 47.2 Å². The number of aromatic nitrogens is 3. The molecule has 0 unspecified atom stereocenters. The maximum Gasteiger partial charge on any atom is 0.288 e. The molecule has 0 saturated carbocycles. The fourth-order valence-corrected chi connectivity index (χ4v) is 5.58. The summed E-state index contributed by atoms with van der Waals surface area (Å²) in [6.07, 6.45) is 2.82. The van der Waals surface area contributed by atoms with E-state index in [4.69, 9.17) is 19.9 Å². The first-order valence-corrected chi connectivity index (χ1v) is 13.0. The van der Waals surface area contributed by atoms with Crippen LogP contribution in [0.5, 0.6) is 0 Å². The van der Waals surface area contributed by atoms with E-state index >= 15 is 0 Å². The van der Waals surface area contributed by atoms with Crippen LogP contribution in [-0.2, 0) is 19.8 Å². The first-order chi connectivity index (χ1) is 18.9. The second-order valence-electron chi connectivity index (χ2n) is 10.2. The molecule has 3 aromatic carbocycles. The fourth-order valence-electron chi connectivity index (χ4n) is 5.58. The van der Waals surface area contributed by atoms with Crippen LogP contribution in [0, 0.1) is 0 Å². The summed E-state index contributed by atoms with van der Waals surface area (Å²) >= 11 is 0. The minimum atomic E-state index is -0.875. The second-order valence-corrected chi connectivity index (χ2v) is 10.2. The Kier molecular flexibility index (Phi) is 6.38. The van der Waals surface area contributed by atoms with Gasteiger partial charge in [-0.25, -0.2) is 9.67 Å². The Hall–Kier alpha value is -4.11. The first-order valence-electron chi connectivity index (χ1n) is 13.0. The number of ether oxygens (including phenoxy) is 3. The summed E-state index contributed by atoms with van der Waals surface area (Å²) in [6.45, 7) is 4.05. The van der Waals surface area contributed by atoms with Crippen molar-refractivity contribution >= 4 is 5.91 Å². The van der Waals surface area contributed by atoms with E-state index in [1.165, 1.54) is 6.33 Å². The second kappa shape index (κ2) is 9.89. The zero-order valence-corrected chi connectivity index (χ0v) is 21.8. The number of carbonyl (C=O) groups is 1. The van der Waals surface area contributed by atoms with Gasteiger partial charge in [0.2, 0.25) is 5.82 Å². The van der Waals surface area contributed by atoms with Crippen LogP contribution in [-0.4, -0.2) is 45.3 Å². The Morgan fingerprint density at radius 2 is 1.46 bits per heavy atom. The molecule has 2 heterocycles. The van der Waals surface area contributed by atoms with Crippen molar-refractivity contribution in [2.45, 2.75) is 43.5 Å². The van der Waals surface area contributed by atoms with Crippen LogP contribution in [0.15, 0.2) is 109 Å². The summed E-state index contributed by atoms with van der Waals surface area (Å²) in [6, 6.07) is 30.4. The van der Waals surface area contributed by atoms with Crippen molar-refractivity contribution in [1.82, 2.24) is 14.8 Å². The zero-order chi connectivity index (χ0) is 27.0. The number of amides is 1. The Morgan fingerprint density at radius 3 is 1.95 bits per heavy atom. The predicted octanol–water partition coefficient (Wildman–Crippen LogP) is 4.39. The molecule has 0 radical (unpaired) electrons. The van der Waals surface area contributed by atoms with Gasteiger partial charge in [0.05, 0.1) is 6.61 Å². The van der Waals surface area contributed by atoms with Gasteiger partial charge in [-0.1, -0.05) is 97.1 Å². The van der Waals surface area contributed by atoms with E-state index in [0.717, 1.165) is 22.3 Å². The molecule has 2 aliphatic rings. The summed E-state index contributed by atoms with van der Waals surface area (Å²) in [5.74, 6) is -1.52. The largest absolute Gasteiger partial charge is 0.363 e. The lowest BCUT2D eigenvalue weighted by Gasteiger charge is -2.36. The number of nitrogens with zero attached hydrogens (tertiary/aromatic N) is 3. The topological polar surface area (TPSA) is 101 Å². The zero-order valence-electron chi connectivity index (χ0n) is 21.8. The quantitative estimate of drug-likeness (QED) is 0.272. The summed E-state index contributed by atoms with van der Waals surface area (Å²) < 4.78 is 21.3. The van der Waals surface area contributed by atoms with E-state index in [1.54, 1.807) is 4.68 Å². The van der Waals surface area contributed by atoms with Gasteiger partial charge in [-0.05, 0) is 36.1 Å². The van der Waals surface area contributed by atoms with E-state index in [9.17, 15) is 4.79 Å². The van der Waals surface area contributed by atoms with Crippen LogP contribution in [0.25, 0.3) is 0 Å². The third kappa shape index (κ3) is 4.57. The van der Waals surface area contributed by atoms with Crippen LogP contribution >= 0.6 is 0 Å². The third-order valence-electron chi connectivity index (χ3n) is 7.25. The van der Waals surface area contributed by atoms with Crippen LogP contribution in [0.2, 0.25) is 0 Å². The van der Waals surface area contributed by atoms with Gasteiger partial charge in [-0.15, -0.1) is 5.10 Å². The highest BCUT2D eigenvalue weighted by molar-refractivity contribution is 5.88. The molecule has 3 atom stereocenters. The smallest absolute Gasteiger partial charge is 0.288 e. The highest BCUT2D eigenvalue weighted by Crippen LogP contribution is 2.45. The SMILES string of the molecule is CC1(C)O[C@@H]2[C@H](O1)C(COC(c1ccccc1)(c1ccccc1)c1ccccc1)=C[C@H]2n1cnc(C(N)=O)n1. The van der Waals surface area contributed by atoms with E-state index in [-0.39, 0.29) is 30.7 Å². The average molecular weight is 523 g/mol. The molecule has 0 bridgehead atoms. The summed E-state index contributed by atoms with van der Waals surface area (Å²) in [4.78, 5) is 15.7. The fraction of sp³-hybridized carbons (Fsp3) is 0.258. The molecule has 8 heteroatoms. The van der Waals surface area contributed by atoms with E-state index in [0.29, 0.717) is 0 Å². The average Bonchev–Trinajstić information content (AvgIpc) is 3.65. The molecule has 1 aromatic heterocycles. The molecule has 1 amide bonds. The summed E-state index contributed by atoms with van der Waals surface area (Å²) in [5.41, 5.74) is 8.49.